The van der Waals surface area contributed by atoms with E-state index in [2.05, 4.69) is 36.9 Å². The molecule has 1 atom stereocenters. The van der Waals surface area contributed by atoms with Crippen LogP contribution in [0.15, 0.2) is 57.8 Å². The van der Waals surface area contributed by atoms with Crippen LogP contribution >= 0.6 is 0 Å². The van der Waals surface area contributed by atoms with Crippen molar-refractivity contribution in [3.8, 4) is 0 Å². The highest BCUT2D eigenvalue weighted by Gasteiger charge is 2.21. The third-order valence-electron chi connectivity index (χ3n) is 4.26. The van der Waals surface area contributed by atoms with Gasteiger partial charge >= 0.3 is 0 Å². The molecule has 0 saturated carbocycles. The minimum Gasteiger partial charge on any atom is -0.404 e. The Morgan fingerprint density at radius 2 is 2.14 bits per heavy atom. The summed E-state index contributed by atoms with van der Waals surface area (Å²) >= 11 is 0. The van der Waals surface area contributed by atoms with E-state index in [-0.39, 0.29) is 13.2 Å². The number of rotatable bonds is 9. The fraction of sp³-hybridized carbons (Fsp3) is 0.476. The van der Waals surface area contributed by atoms with Gasteiger partial charge in [-0.25, -0.2) is 4.99 Å². The number of nitrogens with zero attached hydrogens (tertiary/aromatic N) is 5. The maximum absolute atomic E-state index is 9.46. The molecule has 0 saturated heterocycles. The van der Waals surface area contributed by atoms with E-state index in [1.807, 2.05) is 35.2 Å². The molecule has 0 fully saturated rings. The first kappa shape index (κ1) is 22.6. The van der Waals surface area contributed by atoms with Crippen LogP contribution < -0.4 is 5.73 Å². The first-order valence-corrected chi connectivity index (χ1v) is 9.87. The first-order valence-electron chi connectivity index (χ1n) is 9.87. The maximum Gasteiger partial charge on any atom is 0.0974 e. The SMILES string of the molecule is CC/C=C1/C(c2cnn(CC(C)C)c2)=NC(C(C=NC[C@@H](O)CO)=CN)=CN1C. The summed E-state index contributed by atoms with van der Waals surface area (Å²) in [5.41, 5.74) is 9.87. The Bertz CT molecular complexity index is 832. The molecular formula is C21H32N6O2. The Morgan fingerprint density at radius 1 is 1.38 bits per heavy atom. The van der Waals surface area contributed by atoms with Crippen LogP contribution in [0.25, 0.3) is 0 Å². The van der Waals surface area contributed by atoms with Gasteiger partial charge in [0.1, 0.15) is 0 Å². The summed E-state index contributed by atoms with van der Waals surface area (Å²) in [6.45, 7) is 7.00. The zero-order valence-electron chi connectivity index (χ0n) is 17.7. The number of aliphatic hydroxyl groups is 2. The summed E-state index contributed by atoms with van der Waals surface area (Å²) in [7, 11) is 1.97. The van der Waals surface area contributed by atoms with Gasteiger partial charge in [-0.1, -0.05) is 26.8 Å². The molecule has 1 aliphatic rings. The van der Waals surface area contributed by atoms with Crippen molar-refractivity contribution in [1.82, 2.24) is 14.7 Å². The standard InChI is InChI=1S/C21H32N6O2/c1-5-6-20-21(17-9-24-27(12-17)11-15(2)3)25-19(13-26(20)4)16(7-22)8-23-10-18(29)14-28/h6-9,12-13,15,18,28-29H,5,10-11,14,22H2,1-4H3/b16-7?,20-6-,23-8?/t18-/m1/s1. The van der Waals surface area contributed by atoms with Crippen LogP contribution in [-0.2, 0) is 6.54 Å². The van der Waals surface area contributed by atoms with Gasteiger partial charge in [0, 0.05) is 49.5 Å². The smallest absolute Gasteiger partial charge is 0.0974 e. The van der Waals surface area contributed by atoms with E-state index >= 15 is 0 Å². The molecular weight excluding hydrogens is 368 g/mol. The minimum absolute atomic E-state index is 0.0937. The molecule has 0 bridgehead atoms. The van der Waals surface area contributed by atoms with Crippen molar-refractivity contribution < 1.29 is 10.2 Å². The highest BCUT2D eigenvalue weighted by atomic mass is 16.3. The Balaban J connectivity index is 2.38. The molecule has 8 nitrogen and oxygen atoms in total. The molecule has 8 heteroatoms. The summed E-state index contributed by atoms with van der Waals surface area (Å²) < 4.78 is 1.93. The molecule has 1 aliphatic heterocycles. The number of aliphatic hydroxyl groups excluding tert-OH is 2. The molecule has 29 heavy (non-hydrogen) atoms. The number of nitrogens with two attached hydrogens (primary N) is 1. The van der Waals surface area contributed by atoms with E-state index in [4.69, 9.17) is 15.8 Å². The van der Waals surface area contributed by atoms with Crippen LogP contribution in [0.3, 0.4) is 0 Å². The van der Waals surface area contributed by atoms with Gasteiger partial charge in [-0.15, -0.1) is 0 Å². The lowest BCUT2D eigenvalue weighted by Gasteiger charge is -2.25. The Hall–Kier alpha value is -2.71. The summed E-state index contributed by atoms with van der Waals surface area (Å²) in [6.07, 6.45) is 10.9. The monoisotopic (exact) mass is 400 g/mol. The lowest BCUT2D eigenvalue weighted by molar-refractivity contribution is 0.102. The van der Waals surface area contributed by atoms with Crippen molar-refractivity contribution in [3.05, 3.63) is 53.4 Å². The van der Waals surface area contributed by atoms with E-state index < -0.39 is 6.10 Å². The van der Waals surface area contributed by atoms with Gasteiger partial charge in [-0.05, 0) is 12.3 Å². The molecule has 158 valence electrons. The van der Waals surface area contributed by atoms with Crippen molar-refractivity contribution >= 4 is 11.9 Å². The second-order valence-electron chi connectivity index (χ2n) is 7.38. The zero-order chi connectivity index (χ0) is 21.4. The number of hydrogen-bond donors (Lipinski definition) is 3. The molecule has 1 aromatic rings. The van der Waals surface area contributed by atoms with E-state index in [0.29, 0.717) is 17.2 Å². The molecule has 1 aromatic heterocycles. The number of likely N-dealkylation sites (N-methyl/N-ethyl adjacent to an activating group) is 1. The van der Waals surface area contributed by atoms with Gasteiger partial charge in [0.05, 0.1) is 42.6 Å². The average molecular weight is 401 g/mol. The largest absolute Gasteiger partial charge is 0.404 e. The zero-order valence-corrected chi connectivity index (χ0v) is 17.7. The lowest BCUT2D eigenvalue weighted by atomic mass is 10.1. The van der Waals surface area contributed by atoms with Crippen LogP contribution in [0.1, 0.15) is 32.8 Å². The van der Waals surface area contributed by atoms with Crippen LogP contribution in [0.4, 0.5) is 0 Å². The summed E-state index contributed by atoms with van der Waals surface area (Å²) in [5, 5.41) is 22.9. The predicted molar refractivity (Wildman–Crippen MR) is 117 cm³/mol. The second kappa shape index (κ2) is 10.7. The maximum atomic E-state index is 9.46. The van der Waals surface area contributed by atoms with E-state index in [1.165, 1.54) is 6.20 Å². The molecule has 0 spiro atoms. The quantitative estimate of drug-likeness (QED) is 0.546. The first-order chi connectivity index (χ1) is 13.9. The number of hydrogen-bond acceptors (Lipinski definition) is 7. The lowest BCUT2D eigenvalue weighted by Crippen LogP contribution is -2.24. The number of aromatic nitrogens is 2. The van der Waals surface area contributed by atoms with Gasteiger partial charge in [0.25, 0.3) is 0 Å². The van der Waals surface area contributed by atoms with Crippen LogP contribution in [0.2, 0.25) is 0 Å². The molecule has 0 unspecified atom stereocenters. The van der Waals surface area contributed by atoms with Crippen LogP contribution in [0.5, 0.6) is 0 Å². The van der Waals surface area contributed by atoms with Crippen molar-refractivity contribution in [2.45, 2.75) is 39.8 Å². The van der Waals surface area contributed by atoms with E-state index in [0.717, 1.165) is 29.9 Å². The van der Waals surface area contributed by atoms with Gasteiger partial charge in [0.15, 0.2) is 0 Å². The van der Waals surface area contributed by atoms with Crippen molar-refractivity contribution in [3.63, 3.8) is 0 Å². The van der Waals surface area contributed by atoms with Crippen molar-refractivity contribution in [2.24, 2.45) is 21.6 Å². The fourth-order valence-electron chi connectivity index (χ4n) is 2.90. The number of allylic oxidation sites excluding steroid dienone is 3. The highest BCUT2D eigenvalue weighted by molar-refractivity contribution is 6.13. The van der Waals surface area contributed by atoms with E-state index in [1.54, 1.807) is 6.21 Å². The van der Waals surface area contributed by atoms with Crippen molar-refractivity contribution in [1.29, 1.82) is 0 Å². The van der Waals surface area contributed by atoms with Crippen LogP contribution in [0, 0.1) is 5.92 Å². The normalized spacial score (nSPS) is 18.0. The van der Waals surface area contributed by atoms with E-state index in [9.17, 15) is 5.11 Å². The summed E-state index contributed by atoms with van der Waals surface area (Å²) in [6, 6.07) is 0. The third-order valence-corrected chi connectivity index (χ3v) is 4.26. The fourth-order valence-corrected chi connectivity index (χ4v) is 2.90. The topological polar surface area (TPSA) is 112 Å². The molecule has 2 heterocycles. The Kier molecular flexibility index (Phi) is 8.35. The second-order valence-corrected chi connectivity index (χ2v) is 7.38. The highest BCUT2D eigenvalue weighted by Crippen LogP contribution is 2.24. The average Bonchev–Trinajstić information content (AvgIpc) is 3.14. The summed E-state index contributed by atoms with van der Waals surface area (Å²) in [4.78, 5) is 11.0. The van der Waals surface area contributed by atoms with Crippen LogP contribution in [-0.4, -0.2) is 63.1 Å². The third kappa shape index (κ3) is 6.13. The molecule has 0 radical (unpaired) electrons. The molecule has 4 N–H and O–H groups in total. The van der Waals surface area contributed by atoms with Gasteiger partial charge in [0.2, 0.25) is 0 Å². The Morgan fingerprint density at radius 3 is 2.76 bits per heavy atom. The van der Waals surface area contributed by atoms with Gasteiger partial charge < -0.3 is 20.8 Å². The van der Waals surface area contributed by atoms with Gasteiger partial charge in [-0.2, -0.15) is 5.10 Å². The minimum atomic E-state index is -0.891. The summed E-state index contributed by atoms with van der Waals surface area (Å²) in [5.74, 6) is 0.497. The molecule has 0 aliphatic carbocycles. The van der Waals surface area contributed by atoms with Crippen molar-refractivity contribution in [2.75, 3.05) is 20.2 Å². The Labute approximate surface area is 172 Å². The molecule has 2 rings (SSSR count). The molecule has 0 amide bonds. The van der Waals surface area contributed by atoms with Gasteiger partial charge in [-0.3, -0.25) is 9.67 Å². The molecule has 0 aromatic carbocycles. The number of aliphatic imine (C=N–C) groups is 2. The predicted octanol–water partition coefficient (Wildman–Crippen LogP) is 1.68.